The molecule has 1 aliphatic carbocycles. The van der Waals surface area contributed by atoms with Gasteiger partial charge in [-0.25, -0.2) is 8.42 Å². The molecule has 0 radical (unpaired) electrons. The molecule has 0 unspecified atom stereocenters. The standard InChI is InChI=1S/C26H33NO6S/c1-4-30-26(31-5-2)17-27(34(28,29)21-13-10-19(3)11-14-21)23-9-7-6-8-22(23)20-12-15-24-25(16-20)33-18-32-24/h8,10-16,23,26H,4-7,9,17-18H2,1-3H3/t23-/m0/s1. The zero-order chi connectivity index (χ0) is 24.1. The molecule has 1 aliphatic heterocycles. The van der Waals surface area contributed by atoms with E-state index in [1.807, 2.05) is 51.1 Å². The summed E-state index contributed by atoms with van der Waals surface area (Å²) in [6.45, 7) is 6.85. The third-order valence-corrected chi connectivity index (χ3v) is 8.01. The van der Waals surface area contributed by atoms with Crippen molar-refractivity contribution in [3.63, 3.8) is 0 Å². The second-order valence-electron chi connectivity index (χ2n) is 8.40. The highest BCUT2D eigenvalue weighted by Crippen LogP contribution is 2.39. The molecule has 0 N–H and O–H groups in total. The highest BCUT2D eigenvalue weighted by atomic mass is 32.2. The molecule has 8 heteroatoms. The molecule has 2 aliphatic rings. The number of aryl methyl sites for hydroxylation is 1. The van der Waals surface area contributed by atoms with Crippen molar-refractivity contribution >= 4 is 15.6 Å². The Labute approximate surface area is 202 Å². The molecular weight excluding hydrogens is 454 g/mol. The average Bonchev–Trinajstić information content (AvgIpc) is 3.31. The Morgan fingerprint density at radius 1 is 1.03 bits per heavy atom. The number of allylic oxidation sites excluding steroid dienone is 1. The zero-order valence-corrected chi connectivity index (χ0v) is 20.8. The van der Waals surface area contributed by atoms with E-state index in [0.29, 0.717) is 31.1 Å². The minimum Gasteiger partial charge on any atom is -0.454 e. The van der Waals surface area contributed by atoms with Gasteiger partial charge in [-0.3, -0.25) is 0 Å². The topological polar surface area (TPSA) is 74.3 Å². The molecule has 1 atom stereocenters. The van der Waals surface area contributed by atoms with Crippen molar-refractivity contribution in [2.45, 2.75) is 57.3 Å². The van der Waals surface area contributed by atoms with Crippen molar-refractivity contribution in [3.8, 4) is 11.5 Å². The van der Waals surface area contributed by atoms with Crippen molar-refractivity contribution < 1.29 is 27.4 Å². The Morgan fingerprint density at radius 3 is 2.44 bits per heavy atom. The summed E-state index contributed by atoms with van der Waals surface area (Å²) in [4.78, 5) is 0.264. The Kier molecular flexibility index (Phi) is 7.93. The number of rotatable bonds is 10. The van der Waals surface area contributed by atoms with Gasteiger partial charge in [-0.1, -0.05) is 29.8 Å². The van der Waals surface area contributed by atoms with Crippen molar-refractivity contribution in [1.82, 2.24) is 4.31 Å². The van der Waals surface area contributed by atoms with Gasteiger partial charge in [0.15, 0.2) is 17.8 Å². The first-order valence-corrected chi connectivity index (χ1v) is 13.3. The predicted molar refractivity (Wildman–Crippen MR) is 130 cm³/mol. The van der Waals surface area contributed by atoms with Crippen LogP contribution in [0, 0.1) is 6.92 Å². The fourth-order valence-electron chi connectivity index (χ4n) is 4.46. The number of hydrogen-bond acceptors (Lipinski definition) is 6. The summed E-state index contributed by atoms with van der Waals surface area (Å²) in [5, 5.41) is 0. The number of benzene rings is 2. The number of nitrogens with zero attached hydrogens (tertiary/aromatic N) is 1. The number of ether oxygens (including phenoxy) is 4. The molecule has 0 fully saturated rings. The molecule has 1 heterocycles. The molecule has 0 aromatic heterocycles. The van der Waals surface area contributed by atoms with Crippen LogP contribution in [0.15, 0.2) is 53.4 Å². The lowest BCUT2D eigenvalue weighted by atomic mass is 9.88. The largest absolute Gasteiger partial charge is 0.454 e. The van der Waals surface area contributed by atoms with E-state index >= 15 is 0 Å². The van der Waals surface area contributed by atoms with Crippen molar-refractivity contribution in [2.75, 3.05) is 26.6 Å². The van der Waals surface area contributed by atoms with Crippen LogP contribution in [-0.2, 0) is 19.5 Å². The summed E-state index contributed by atoms with van der Waals surface area (Å²) >= 11 is 0. The summed E-state index contributed by atoms with van der Waals surface area (Å²) in [6, 6.07) is 12.4. The van der Waals surface area contributed by atoms with Gasteiger partial charge in [0.05, 0.1) is 17.5 Å². The Bertz CT molecular complexity index is 1110. The van der Waals surface area contributed by atoms with Gasteiger partial charge in [-0.05, 0) is 75.4 Å². The first-order chi connectivity index (χ1) is 16.4. The minimum atomic E-state index is -3.83. The molecular formula is C26H33NO6S. The van der Waals surface area contributed by atoms with Crippen LogP contribution in [-0.4, -0.2) is 51.6 Å². The van der Waals surface area contributed by atoms with Gasteiger partial charge in [0.25, 0.3) is 0 Å². The van der Waals surface area contributed by atoms with Crippen LogP contribution in [0.4, 0.5) is 0 Å². The predicted octanol–water partition coefficient (Wildman–Crippen LogP) is 4.75. The SMILES string of the molecule is CCOC(CN([C@H]1CCCC=C1c1ccc2c(c1)OCO2)S(=O)(=O)c1ccc(C)cc1)OCC. The van der Waals surface area contributed by atoms with E-state index in [4.69, 9.17) is 18.9 Å². The lowest BCUT2D eigenvalue weighted by Gasteiger charge is -2.36. The summed E-state index contributed by atoms with van der Waals surface area (Å²) in [6.07, 6.45) is 3.97. The van der Waals surface area contributed by atoms with Crippen LogP contribution in [0.1, 0.15) is 44.2 Å². The van der Waals surface area contributed by atoms with E-state index in [0.717, 1.165) is 29.5 Å². The van der Waals surface area contributed by atoms with E-state index in [1.165, 1.54) is 0 Å². The van der Waals surface area contributed by atoms with E-state index in [-0.39, 0.29) is 24.3 Å². The first kappa shape index (κ1) is 24.7. The van der Waals surface area contributed by atoms with Gasteiger partial charge in [-0.2, -0.15) is 4.31 Å². The second-order valence-corrected chi connectivity index (χ2v) is 10.3. The number of fused-ring (bicyclic) bond motifs is 1. The van der Waals surface area contributed by atoms with E-state index in [9.17, 15) is 8.42 Å². The third-order valence-electron chi connectivity index (χ3n) is 6.12. The van der Waals surface area contributed by atoms with Gasteiger partial charge in [0.1, 0.15) is 0 Å². The quantitative estimate of drug-likeness (QED) is 0.450. The monoisotopic (exact) mass is 487 g/mol. The second kappa shape index (κ2) is 10.9. The summed E-state index contributed by atoms with van der Waals surface area (Å²) in [7, 11) is -3.83. The van der Waals surface area contributed by atoms with E-state index < -0.39 is 16.3 Å². The Balaban J connectivity index is 1.75. The summed E-state index contributed by atoms with van der Waals surface area (Å²) in [5.41, 5.74) is 2.90. The molecule has 0 saturated carbocycles. The summed E-state index contributed by atoms with van der Waals surface area (Å²) < 4.78 is 52.1. The highest BCUT2D eigenvalue weighted by molar-refractivity contribution is 7.89. The molecule has 0 amide bonds. The van der Waals surface area contributed by atoms with Crippen molar-refractivity contribution in [3.05, 3.63) is 59.7 Å². The molecule has 4 rings (SSSR count). The van der Waals surface area contributed by atoms with Gasteiger partial charge < -0.3 is 18.9 Å². The molecule has 2 aromatic carbocycles. The minimum absolute atomic E-state index is 0.102. The van der Waals surface area contributed by atoms with Crippen molar-refractivity contribution in [1.29, 1.82) is 0 Å². The lowest BCUT2D eigenvalue weighted by Crippen LogP contribution is -2.47. The molecule has 0 spiro atoms. The van der Waals surface area contributed by atoms with Crippen LogP contribution in [0.3, 0.4) is 0 Å². The average molecular weight is 488 g/mol. The van der Waals surface area contributed by atoms with Crippen LogP contribution in [0.2, 0.25) is 0 Å². The zero-order valence-electron chi connectivity index (χ0n) is 20.0. The molecule has 0 saturated heterocycles. The first-order valence-electron chi connectivity index (χ1n) is 11.9. The van der Waals surface area contributed by atoms with Gasteiger partial charge in [0.2, 0.25) is 16.8 Å². The van der Waals surface area contributed by atoms with Gasteiger partial charge >= 0.3 is 0 Å². The van der Waals surface area contributed by atoms with Gasteiger partial charge in [0, 0.05) is 13.2 Å². The molecule has 34 heavy (non-hydrogen) atoms. The normalized spacial score (nSPS) is 17.9. The number of hydrogen-bond donors (Lipinski definition) is 0. The van der Waals surface area contributed by atoms with E-state index in [2.05, 4.69) is 6.08 Å². The molecule has 184 valence electrons. The maximum atomic E-state index is 14.0. The lowest BCUT2D eigenvalue weighted by molar-refractivity contribution is -0.141. The van der Waals surface area contributed by atoms with Crippen LogP contribution in [0.5, 0.6) is 11.5 Å². The van der Waals surface area contributed by atoms with Crippen LogP contribution < -0.4 is 9.47 Å². The Hall–Kier alpha value is -2.39. The fourth-order valence-corrected chi connectivity index (χ4v) is 6.08. The van der Waals surface area contributed by atoms with Crippen LogP contribution >= 0.6 is 0 Å². The maximum Gasteiger partial charge on any atom is 0.243 e. The van der Waals surface area contributed by atoms with Gasteiger partial charge in [-0.15, -0.1) is 0 Å². The Morgan fingerprint density at radius 2 is 1.74 bits per heavy atom. The van der Waals surface area contributed by atoms with E-state index in [1.54, 1.807) is 16.4 Å². The summed E-state index contributed by atoms with van der Waals surface area (Å²) in [5.74, 6) is 1.38. The smallest absolute Gasteiger partial charge is 0.243 e. The van der Waals surface area contributed by atoms with Crippen molar-refractivity contribution in [2.24, 2.45) is 0 Å². The third kappa shape index (κ3) is 5.30. The molecule has 7 nitrogen and oxygen atoms in total. The molecule has 0 bridgehead atoms. The fraction of sp³-hybridized carbons (Fsp3) is 0.462. The number of sulfonamides is 1. The maximum absolute atomic E-state index is 14.0. The molecule has 2 aromatic rings. The van der Waals surface area contributed by atoms with Crippen LogP contribution in [0.25, 0.3) is 5.57 Å². The highest BCUT2D eigenvalue weighted by Gasteiger charge is 2.37.